The maximum absolute atomic E-state index is 10.1. The number of rotatable bonds is 0. The molecule has 1 aromatic carbocycles. The molecule has 2 aliphatic rings. The lowest BCUT2D eigenvalue weighted by Gasteiger charge is -2.46. The van der Waals surface area contributed by atoms with Crippen LogP contribution >= 0.6 is 0 Å². The number of fused-ring (bicyclic) bond motifs is 3. The minimum Gasteiger partial charge on any atom is -0.508 e. The van der Waals surface area contributed by atoms with E-state index in [1.54, 1.807) is 6.07 Å². The van der Waals surface area contributed by atoms with Crippen molar-refractivity contribution in [2.24, 2.45) is 5.92 Å². The molecule has 2 heteroatoms. The Balaban J connectivity index is 2.19. The third-order valence-electron chi connectivity index (χ3n) is 4.39. The molecule has 0 fully saturated rings. The summed E-state index contributed by atoms with van der Waals surface area (Å²) in [4.78, 5) is 0. The molecule has 0 saturated carbocycles. The van der Waals surface area contributed by atoms with Crippen molar-refractivity contribution in [3.05, 3.63) is 35.4 Å². The predicted molar refractivity (Wildman–Crippen MR) is 72.0 cm³/mol. The number of hydrogen-bond donors (Lipinski definition) is 1. The molecule has 1 aliphatic heterocycles. The highest BCUT2D eigenvalue weighted by molar-refractivity contribution is 5.51. The first-order valence-corrected chi connectivity index (χ1v) is 6.67. The van der Waals surface area contributed by atoms with Crippen LogP contribution in [0.2, 0.25) is 0 Å². The Hall–Kier alpha value is -1.44. The Morgan fingerprint density at radius 3 is 2.89 bits per heavy atom. The summed E-state index contributed by atoms with van der Waals surface area (Å²) < 4.78 is 6.12. The van der Waals surface area contributed by atoms with Crippen LogP contribution in [0.15, 0.2) is 29.8 Å². The average molecular weight is 244 g/mol. The van der Waals surface area contributed by atoms with Gasteiger partial charge in [-0.15, -0.1) is 0 Å². The number of aromatic hydroxyl groups is 1. The first kappa shape index (κ1) is 11.6. The Morgan fingerprint density at radius 1 is 1.33 bits per heavy atom. The molecular formula is C16H20O2. The van der Waals surface area contributed by atoms with E-state index in [4.69, 9.17) is 4.74 Å². The van der Waals surface area contributed by atoms with Crippen LogP contribution in [0.1, 0.15) is 45.1 Å². The van der Waals surface area contributed by atoms with E-state index in [2.05, 4.69) is 26.8 Å². The lowest BCUT2D eigenvalue weighted by atomic mass is 9.68. The summed E-state index contributed by atoms with van der Waals surface area (Å²) in [5.41, 5.74) is 2.23. The molecule has 1 aromatic rings. The third kappa shape index (κ3) is 1.63. The van der Waals surface area contributed by atoms with Gasteiger partial charge in [0, 0.05) is 17.4 Å². The van der Waals surface area contributed by atoms with E-state index in [0.29, 0.717) is 17.6 Å². The summed E-state index contributed by atoms with van der Waals surface area (Å²) in [6.07, 6.45) is 4.58. The number of ether oxygens (including phenoxy) is 1. The fourth-order valence-electron chi connectivity index (χ4n) is 3.45. The van der Waals surface area contributed by atoms with Gasteiger partial charge in [-0.25, -0.2) is 0 Å². The van der Waals surface area contributed by atoms with Gasteiger partial charge in [0.2, 0.25) is 0 Å². The molecule has 0 amide bonds. The number of allylic oxidation sites excluding steroid dienone is 2. The molecule has 0 saturated heterocycles. The van der Waals surface area contributed by atoms with Crippen LogP contribution in [0, 0.1) is 5.92 Å². The van der Waals surface area contributed by atoms with Crippen LogP contribution < -0.4 is 4.74 Å². The van der Waals surface area contributed by atoms with Gasteiger partial charge in [-0.1, -0.05) is 17.7 Å². The third-order valence-corrected chi connectivity index (χ3v) is 4.39. The van der Waals surface area contributed by atoms with E-state index in [0.717, 1.165) is 24.2 Å². The lowest BCUT2D eigenvalue weighted by molar-refractivity contribution is 0.0108. The Morgan fingerprint density at radius 2 is 2.11 bits per heavy atom. The fraction of sp³-hybridized carbons (Fsp3) is 0.500. The fourth-order valence-corrected chi connectivity index (χ4v) is 3.45. The van der Waals surface area contributed by atoms with Gasteiger partial charge in [0.1, 0.15) is 17.1 Å². The Kier molecular flexibility index (Phi) is 2.44. The van der Waals surface area contributed by atoms with Crippen molar-refractivity contribution in [1.82, 2.24) is 0 Å². The van der Waals surface area contributed by atoms with Crippen molar-refractivity contribution in [2.45, 2.75) is 45.1 Å². The van der Waals surface area contributed by atoms with E-state index in [9.17, 15) is 5.11 Å². The smallest absolute Gasteiger partial charge is 0.127 e. The van der Waals surface area contributed by atoms with Crippen LogP contribution in [0.3, 0.4) is 0 Å². The molecule has 0 radical (unpaired) electrons. The normalized spacial score (nSPS) is 28.7. The van der Waals surface area contributed by atoms with Crippen molar-refractivity contribution < 1.29 is 9.84 Å². The lowest BCUT2D eigenvalue weighted by Crippen LogP contribution is -2.45. The molecule has 0 spiro atoms. The van der Waals surface area contributed by atoms with E-state index in [-0.39, 0.29) is 5.60 Å². The van der Waals surface area contributed by atoms with Crippen molar-refractivity contribution >= 4 is 0 Å². The molecule has 0 aromatic heterocycles. The molecule has 96 valence electrons. The summed E-state index contributed by atoms with van der Waals surface area (Å²) in [5, 5.41) is 10.1. The van der Waals surface area contributed by atoms with Crippen LogP contribution in [-0.2, 0) is 0 Å². The minimum absolute atomic E-state index is 0.164. The number of hydrogen-bond acceptors (Lipinski definition) is 2. The van der Waals surface area contributed by atoms with Gasteiger partial charge in [0.05, 0.1) is 0 Å². The average Bonchev–Trinajstić information content (AvgIpc) is 2.27. The van der Waals surface area contributed by atoms with Crippen molar-refractivity contribution in [3.63, 3.8) is 0 Å². The molecule has 2 nitrogen and oxygen atoms in total. The maximum atomic E-state index is 10.1. The van der Waals surface area contributed by atoms with Crippen LogP contribution in [-0.4, -0.2) is 10.7 Å². The first-order valence-electron chi connectivity index (χ1n) is 6.67. The number of phenols is 1. The van der Waals surface area contributed by atoms with Gasteiger partial charge < -0.3 is 9.84 Å². The van der Waals surface area contributed by atoms with Crippen LogP contribution in [0.25, 0.3) is 0 Å². The molecule has 2 atom stereocenters. The summed E-state index contributed by atoms with van der Waals surface area (Å²) in [7, 11) is 0. The number of benzene rings is 1. The number of phenolic OH excluding ortho intramolecular Hbond substituents is 1. The first-order chi connectivity index (χ1) is 8.49. The molecular weight excluding hydrogens is 224 g/mol. The van der Waals surface area contributed by atoms with Crippen molar-refractivity contribution in [3.8, 4) is 11.5 Å². The van der Waals surface area contributed by atoms with Gasteiger partial charge >= 0.3 is 0 Å². The zero-order valence-corrected chi connectivity index (χ0v) is 11.2. The van der Waals surface area contributed by atoms with Gasteiger partial charge in [-0.2, -0.15) is 0 Å². The van der Waals surface area contributed by atoms with Crippen molar-refractivity contribution in [2.75, 3.05) is 0 Å². The van der Waals surface area contributed by atoms with Crippen molar-refractivity contribution in [1.29, 1.82) is 0 Å². The predicted octanol–water partition coefficient (Wildman–Crippen LogP) is 4.00. The van der Waals surface area contributed by atoms with Gasteiger partial charge in [0.15, 0.2) is 0 Å². The Labute approximate surface area is 108 Å². The second-order valence-corrected chi connectivity index (χ2v) is 6.08. The molecule has 3 rings (SSSR count). The highest BCUT2D eigenvalue weighted by atomic mass is 16.5. The minimum atomic E-state index is -0.164. The molecule has 1 N–H and O–H groups in total. The molecule has 18 heavy (non-hydrogen) atoms. The zero-order valence-electron chi connectivity index (χ0n) is 11.2. The van der Waals surface area contributed by atoms with Crippen LogP contribution in [0.4, 0.5) is 0 Å². The molecule has 2 unspecified atom stereocenters. The largest absolute Gasteiger partial charge is 0.508 e. The standard InChI is InChI=1S/C16H20O2/c1-10-7-8-12-11(9-10)15-13(17)5-4-6-14(15)18-16(12,2)3/h4-6,9,11-12,17H,7-8H2,1-3H3. The summed E-state index contributed by atoms with van der Waals surface area (Å²) in [5.74, 6) is 1.94. The van der Waals surface area contributed by atoms with Gasteiger partial charge in [0.25, 0.3) is 0 Å². The summed E-state index contributed by atoms with van der Waals surface area (Å²) in [6, 6.07) is 5.57. The SMILES string of the molecule is CC1=CC2c3c(O)cccc3OC(C)(C)C2CC1. The maximum Gasteiger partial charge on any atom is 0.127 e. The highest BCUT2D eigenvalue weighted by Crippen LogP contribution is 2.52. The molecule has 1 aliphatic carbocycles. The summed E-state index contributed by atoms with van der Waals surface area (Å²) >= 11 is 0. The second kappa shape index (κ2) is 3.78. The van der Waals surface area contributed by atoms with E-state index in [1.165, 1.54) is 5.57 Å². The summed E-state index contributed by atoms with van der Waals surface area (Å²) in [6.45, 7) is 6.50. The second-order valence-electron chi connectivity index (χ2n) is 6.08. The Bertz CT molecular complexity index is 514. The monoisotopic (exact) mass is 244 g/mol. The van der Waals surface area contributed by atoms with E-state index < -0.39 is 0 Å². The van der Waals surface area contributed by atoms with Crippen LogP contribution in [0.5, 0.6) is 11.5 Å². The van der Waals surface area contributed by atoms with E-state index >= 15 is 0 Å². The topological polar surface area (TPSA) is 29.5 Å². The van der Waals surface area contributed by atoms with Gasteiger partial charge in [-0.05, 0) is 45.7 Å². The highest BCUT2D eigenvalue weighted by Gasteiger charge is 2.44. The zero-order chi connectivity index (χ0) is 12.9. The van der Waals surface area contributed by atoms with E-state index in [1.807, 2.05) is 12.1 Å². The molecule has 1 heterocycles. The molecule has 0 bridgehead atoms. The quantitative estimate of drug-likeness (QED) is 0.699. The van der Waals surface area contributed by atoms with Gasteiger partial charge in [-0.3, -0.25) is 0 Å².